The summed E-state index contributed by atoms with van der Waals surface area (Å²) in [5, 5.41) is 0.645. The second-order valence-corrected chi connectivity index (χ2v) is 9.30. The number of allylic oxidation sites excluding steroid dienone is 2. The van der Waals surface area contributed by atoms with E-state index in [2.05, 4.69) is 0 Å². The van der Waals surface area contributed by atoms with Gasteiger partial charge >= 0.3 is 5.97 Å². The number of nitrogens with zero attached hydrogens (tertiary/aromatic N) is 1. The molecule has 1 unspecified atom stereocenters. The number of hydrogen-bond donors (Lipinski definition) is 0. The van der Waals surface area contributed by atoms with Crippen molar-refractivity contribution < 1.29 is 28.5 Å². The van der Waals surface area contributed by atoms with E-state index in [1.165, 1.54) is 21.3 Å². The quantitative estimate of drug-likeness (QED) is 0.456. The molecule has 0 spiro atoms. The van der Waals surface area contributed by atoms with Crippen LogP contribution in [0.4, 0.5) is 0 Å². The van der Waals surface area contributed by atoms with Gasteiger partial charge in [0.15, 0.2) is 17.3 Å². The maximum absolute atomic E-state index is 13.7. The molecule has 1 aliphatic carbocycles. The van der Waals surface area contributed by atoms with E-state index in [1.54, 1.807) is 19.1 Å². The normalized spacial score (nSPS) is 21.4. The smallest absolute Gasteiger partial charge is 0.315 e. The van der Waals surface area contributed by atoms with Gasteiger partial charge in [-0.1, -0.05) is 23.7 Å². The highest BCUT2D eigenvalue weighted by atomic mass is 35.5. The Morgan fingerprint density at radius 1 is 1.00 bits per heavy atom. The number of methoxy groups -OCH3 is 3. The molecule has 4 rings (SSSR count). The van der Waals surface area contributed by atoms with Crippen LogP contribution in [0.1, 0.15) is 49.7 Å². The molecule has 3 atom stereocenters. The van der Waals surface area contributed by atoms with E-state index in [-0.39, 0.29) is 18.3 Å². The van der Waals surface area contributed by atoms with Crippen molar-refractivity contribution in [3.05, 3.63) is 63.8 Å². The molecular weight excluding hydrogens is 482 g/mol. The van der Waals surface area contributed by atoms with Crippen molar-refractivity contribution in [1.82, 2.24) is 0 Å². The first kappa shape index (κ1) is 25.8. The highest BCUT2D eigenvalue weighted by Gasteiger charge is 2.45. The van der Waals surface area contributed by atoms with Crippen LogP contribution in [-0.4, -0.2) is 45.4 Å². The summed E-state index contributed by atoms with van der Waals surface area (Å²) in [6.45, 7) is 3.80. The van der Waals surface area contributed by atoms with Gasteiger partial charge in [-0.3, -0.25) is 14.6 Å². The molecule has 7 nitrogen and oxygen atoms in total. The van der Waals surface area contributed by atoms with Crippen LogP contribution in [0.5, 0.6) is 17.2 Å². The molecule has 8 heteroatoms. The highest BCUT2D eigenvalue weighted by molar-refractivity contribution is 6.30. The lowest BCUT2D eigenvalue weighted by Gasteiger charge is -2.36. The third kappa shape index (κ3) is 4.72. The number of Topliss-reactive ketones (excluding diaryl/α,β-unsaturated/α-hetero) is 1. The average molecular weight is 512 g/mol. The van der Waals surface area contributed by atoms with Crippen molar-refractivity contribution in [2.45, 2.75) is 38.5 Å². The number of ketones is 1. The van der Waals surface area contributed by atoms with Gasteiger partial charge < -0.3 is 18.9 Å². The Labute approximate surface area is 216 Å². The van der Waals surface area contributed by atoms with Crippen LogP contribution in [0.2, 0.25) is 5.02 Å². The summed E-state index contributed by atoms with van der Waals surface area (Å²) in [6, 6.07) is 11.1. The number of carbonyl (C=O) groups excluding carboxylic acids is 2. The molecule has 1 heterocycles. The minimum atomic E-state index is -0.748. The number of esters is 1. The summed E-state index contributed by atoms with van der Waals surface area (Å²) < 4.78 is 22.0. The fraction of sp³-hybridized carbons (Fsp3) is 0.393. The number of ether oxygens (including phenoxy) is 4. The molecular formula is C28H30ClNO6. The molecule has 0 bridgehead atoms. The first-order chi connectivity index (χ1) is 17.3. The maximum atomic E-state index is 13.7. The number of rotatable bonds is 7. The maximum Gasteiger partial charge on any atom is 0.315 e. The van der Waals surface area contributed by atoms with Crippen molar-refractivity contribution in [1.29, 1.82) is 0 Å². The van der Waals surface area contributed by atoms with Crippen molar-refractivity contribution in [2.75, 3.05) is 27.9 Å². The molecule has 0 saturated heterocycles. The Bertz CT molecular complexity index is 1210. The molecule has 36 heavy (non-hydrogen) atoms. The molecule has 0 N–H and O–H groups in total. The molecule has 1 aliphatic heterocycles. The fourth-order valence-electron chi connectivity index (χ4n) is 5.21. The van der Waals surface area contributed by atoms with Gasteiger partial charge in [-0.05, 0) is 61.6 Å². The van der Waals surface area contributed by atoms with E-state index in [4.69, 9.17) is 35.5 Å². The summed E-state index contributed by atoms with van der Waals surface area (Å²) in [7, 11) is 4.59. The van der Waals surface area contributed by atoms with Gasteiger partial charge in [-0.2, -0.15) is 0 Å². The lowest BCUT2D eigenvalue weighted by Crippen LogP contribution is -2.38. The standard InChI is InChI=1S/C28H30ClNO6/c1-6-36-28(32)24-15(2)30-20-11-17(16-7-9-19(29)10-8-16)12-21(31)26(20)25(24)18-13-22(33-3)27(35-5)23(14-18)34-4/h7-10,13-14,17,24-25H,6,11-12H2,1-5H3/t17-,24?,25-/m0/s1. The van der Waals surface area contributed by atoms with Gasteiger partial charge in [0.1, 0.15) is 5.92 Å². The predicted molar refractivity (Wildman–Crippen MR) is 138 cm³/mol. The van der Waals surface area contributed by atoms with E-state index in [9.17, 15) is 9.59 Å². The molecule has 190 valence electrons. The van der Waals surface area contributed by atoms with Crippen molar-refractivity contribution in [2.24, 2.45) is 10.9 Å². The lowest BCUT2D eigenvalue weighted by molar-refractivity contribution is -0.146. The molecule has 0 amide bonds. The number of benzene rings is 2. The summed E-state index contributed by atoms with van der Waals surface area (Å²) in [5.74, 6) is -0.504. The van der Waals surface area contributed by atoms with Gasteiger partial charge in [0, 0.05) is 34.3 Å². The minimum Gasteiger partial charge on any atom is -0.493 e. The van der Waals surface area contributed by atoms with E-state index in [0.717, 1.165) is 5.56 Å². The molecule has 2 aromatic carbocycles. The van der Waals surface area contributed by atoms with E-state index in [1.807, 2.05) is 31.2 Å². The Balaban J connectivity index is 1.87. The van der Waals surface area contributed by atoms with Crippen molar-refractivity contribution in [3.63, 3.8) is 0 Å². The number of aliphatic imine (C=N–C) groups is 1. The van der Waals surface area contributed by atoms with E-state index < -0.39 is 17.8 Å². The van der Waals surface area contributed by atoms with Crippen LogP contribution < -0.4 is 14.2 Å². The van der Waals surface area contributed by atoms with Crippen LogP contribution in [0.25, 0.3) is 0 Å². The molecule has 0 saturated carbocycles. The zero-order valence-corrected chi connectivity index (χ0v) is 21.8. The molecule has 0 aromatic heterocycles. The van der Waals surface area contributed by atoms with Crippen LogP contribution in [0.15, 0.2) is 52.7 Å². The first-order valence-electron chi connectivity index (χ1n) is 11.9. The topological polar surface area (TPSA) is 83.4 Å². The van der Waals surface area contributed by atoms with Gasteiger partial charge in [-0.15, -0.1) is 0 Å². The van der Waals surface area contributed by atoms with Crippen LogP contribution in [-0.2, 0) is 14.3 Å². The highest BCUT2D eigenvalue weighted by Crippen LogP contribution is 2.49. The largest absolute Gasteiger partial charge is 0.493 e. The Hall–Kier alpha value is -3.32. The SMILES string of the molecule is CCOC(=O)C1C(C)=NC2=C(C(=O)C[C@@H](c3ccc(Cl)cc3)C2)[C@H]1c1cc(OC)c(OC)c(OC)c1. The van der Waals surface area contributed by atoms with Crippen molar-refractivity contribution >= 4 is 29.1 Å². The second kappa shape index (κ2) is 10.7. The summed E-state index contributed by atoms with van der Waals surface area (Å²) >= 11 is 6.07. The average Bonchev–Trinajstić information content (AvgIpc) is 2.87. The fourth-order valence-corrected chi connectivity index (χ4v) is 5.33. The Kier molecular flexibility index (Phi) is 7.69. The minimum absolute atomic E-state index is 0.0233. The monoisotopic (exact) mass is 511 g/mol. The van der Waals surface area contributed by atoms with Crippen molar-refractivity contribution in [3.8, 4) is 17.2 Å². The summed E-state index contributed by atoms with van der Waals surface area (Å²) in [6.07, 6.45) is 0.891. The van der Waals surface area contributed by atoms with Gasteiger partial charge in [0.05, 0.1) is 27.9 Å². The van der Waals surface area contributed by atoms with E-state index >= 15 is 0 Å². The third-order valence-electron chi connectivity index (χ3n) is 6.82. The Morgan fingerprint density at radius 3 is 2.19 bits per heavy atom. The lowest BCUT2D eigenvalue weighted by atomic mass is 9.69. The van der Waals surface area contributed by atoms with E-state index in [0.29, 0.717) is 57.7 Å². The van der Waals surface area contributed by atoms with Gasteiger partial charge in [0.2, 0.25) is 5.75 Å². The van der Waals surface area contributed by atoms with Crippen LogP contribution >= 0.6 is 11.6 Å². The predicted octanol–water partition coefficient (Wildman–Crippen LogP) is 5.50. The first-order valence-corrected chi connectivity index (χ1v) is 12.2. The van der Waals surface area contributed by atoms with Gasteiger partial charge in [0.25, 0.3) is 0 Å². The van der Waals surface area contributed by atoms with Crippen LogP contribution in [0, 0.1) is 5.92 Å². The second-order valence-electron chi connectivity index (χ2n) is 8.86. The molecule has 2 aromatic rings. The summed E-state index contributed by atoms with van der Waals surface area (Å²) in [5.41, 5.74) is 3.57. The number of hydrogen-bond acceptors (Lipinski definition) is 7. The molecule has 0 radical (unpaired) electrons. The third-order valence-corrected chi connectivity index (χ3v) is 7.07. The molecule has 0 fully saturated rings. The van der Waals surface area contributed by atoms with Crippen LogP contribution in [0.3, 0.4) is 0 Å². The number of halogens is 1. The number of carbonyl (C=O) groups is 2. The summed E-state index contributed by atoms with van der Waals surface area (Å²) in [4.78, 5) is 31.7. The molecule has 2 aliphatic rings. The Morgan fingerprint density at radius 2 is 1.64 bits per heavy atom. The zero-order valence-electron chi connectivity index (χ0n) is 21.1. The van der Waals surface area contributed by atoms with Gasteiger partial charge in [-0.25, -0.2) is 0 Å². The zero-order chi connectivity index (χ0) is 26.0.